The molecule has 0 aliphatic carbocycles. The molecular weight excluding hydrogens is 190 g/mol. The van der Waals surface area contributed by atoms with Crippen LogP contribution in [0.4, 0.5) is 4.79 Å². The first-order chi connectivity index (χ1) is 7.05. The fourth-order valence-corrected chi connectivity index (χ4v) is 1.60. The summed E-state index contributed by atoms with van der Waals surface area (Å²) in [4.78, 5) is 13.6. The molecule has 0 atom stereocenters. The predicted molar refractivity (Wildman–Crippen MR) is 61.7 cm³/mol. The Balaban J connectivity index is 2.28. The number of urea groups is 1. The van der Waals surface area contributed by atoms with Crippen molar-refractivity contribution in [2.24, 2.45) is 11.1 Å². The van der Waals surface area contributed by atoms with E-state index in [-0.39, 0.29) is 11.4 Å². The highest BCUT2D eigenvalue weighted by Gasteiger charge is 2.20. The van der Waals surface area contributed by atoms with Crippen LogP contribution in [0.1, 0.15) is 33.1 Å². The Hall–Kier alpha value is -0.770. The third-order valence-corrected chi connectivity index (χ3v) is 2.91. The zero-order valence-corrected chi connectivity index (χ0v) is 9.88. The third kappa shape index (κ3) is 4.08. The molecule has 1 aliphatic rings. The van der Waals surface area contributed by atoms with Crippen molar-refractivity contribution in [2.75, 3.05) is 26.2 Å². The molecule has 0 aromatic carbocycles. The van der Waals surface area contributed by atoms with Gasteiger partial charge in [-0.2, -0.15) is 0 Å². The second-order valence-electron chi connectivity index (χ2n) is 5.07. The standard InChI is InChI=1S/C11H23N3O/c1-11(2,8-12)9-13-10(15)14-6-4-3-5-7-14/h3-9,12H2,1-2H3,(H,13,15). The van der Waals surface area contributed by atoms with E-state index in [1.165, 1.54) is 6.42 Å². The molecule has 0 unspecified atom stereocenters. The molecule has 1 fully saturated rings. The zero-order chi connectivity index (χ0) is 11.3. The number of nitrogens with zero attached hydrogens (tertiary/aromatic N) is 1. The van der Waals surface area contributed by atoms with Gasteiger partial charge in [-0.15, -0.1) is 0 Å². The minimum absolute atomic E-state index is 0.00849. The van der Waals surface area contributed by atoms with Crippen LogP contribution >= 0.6 is 0 Å². The van der Waals surface area contributed by atoms with Gasteiger partial charge in [0, 0.05) is 19.6 Å². The van der Waals surface area contributed by atoms with Crippen LogP contribution in [0.25, 0.3) is 0 Å². The van der Waals surface area contributed by atoms with Gasteiger partial charge in [-0.3, -0.25) is 0 Å². The maximum absolute atomic E-state index is 11.7. The molecule has 3 N–H and O–H groups in total. The van der Waals surface area contributed by atoms with E-state index in [0.29, 0.717) is 13.1 Å². The van der Waals surface area contributed by atoms with Crippen LogP contribution < -0.4 is 11.1 Å². The van der Waals surface area contributed by atoms with Crippen molar-refractivity contribution in [1.82, 2.24) is 10.2 Å². The summed E-state index contributed by atoms with van der Waals surface area (Å²) in [6, 6.07) is 0.0659. The lowest BCUT2D eigenvalue weighted by Gasteiger charge is -2.29. The van der Waals surface area contributed by atoms with Crippen molar-refractivity contribution in [3.8, 4) is 0 Å². The van der Waals surface area contributed by atoms with E-state index in [0.717, 1.165) is 25.9 Å². The Labute approximate surface area is 92.2 Å². The summed E-state index contributed by atoms with van der Waals surface area (Å²) < 4.78 is 0. The van der Waals surface area contributed by atoms with Gasteiger partial charge < -0.3 is 16.0 Å². The van der Waals surface area contributed by atoms with Gasteiger partial charge in [0.25, 0.3) is 0 Å². The van der Waals surface area contributed by atoms with E-state index in [9.17, 15) is 4.79 Å². The molecular formula is C11H23N3O. The smallest absolute Gasteiger partial charge is 0.317 e. The summed E-state index contributed by atoms with van der Waals surface area (Å²) in [5.74, 6) is 0. The molecule has 2 amide bonds. The molecule has 88 valence electrons. The Morgan fingerprint density at radius 3 is 2.47 bits per heavy atom. The van der Waals surface area contributed by atoms with Gasteiger partial charge in [0.05, 0.1) is 0 Å². The van der Waals surface area contributed by atoms with Crippen LogP contribution in [0.15, 0.2) is 0 Å². The summed E-state index contributed by atoms with van der Waals surface area (Å²) in [7, 11) is 0. The fourth-order valence-electron chi connectivity index (χ4n) is 1.60. The second kappa shape index (κ2) is 5.35. The molecule has 0 radical (unpaired) electrons. The van der Waals surface area contributed by atoms with Gasteiger partial charge in [-0.1, -0.05) is 13.8 Å². The average molecular weight is 213 g/mol. The number of rotatable bonds is 3. The van der Waals surface area contributed by atoms with E-state index >= 15 is 0 Å². The molecule has 1 saturated heterocycles. The van der Waals surface area contributed by atoms with E-state index in [1.807, 2.05) is 4.90 Å². The normalized spacial score (nSPS) is 17.7. The molecule has 4 nitrogen and oxygen atoms in total. The van der Waals surface area contributed by atoms with Crippen LogP contribution in [0.3, 0.4) is 0 Å². The summed E-state index contributed by atoms with van der Waals surface area (Å²) in [6.07, 6.45) is 3.51. The van der Waals surface area contributed by atoms with Crippen LogP contribution in [0.5, 0.6) is 0 Å². The summed E-state index contributed by atoms with van der Waals surface area (Å²) in [5.41, 5.74) is 5.60. The number of piperidine rings is 1. The van der Waals surface area contributed by atoms with Crippen LogP contribution in [-0.2, 0) is 0 Å². The van der Waals surface area contributed by atoms with E-state index in [4.69, 9.17) is 5.73 Å². The van der Waals surface area contributed by atoms with Crippen molar-refractivity contribution in [3.05, 3.63) is 0 Å². The van der Waals surface area contributed by atoms with E-state index < -0.39 is 0 Å². The molecule has 0 bridgehead atoms. The van der Waals surface area contributed by atoms with E-state index in [1.54, 1.807) is 0 Å². The topological polar surface area (TPSA) is 58.4 Å². The van der Waals surface area contributed by atoms with Crippen molar-refractivity contribution < 1.29 is 4.79 Å². The Morgan fingerprint density at radius 1 is 1.33 bits per heavy atom. The highest BCUT2D eigenvalue weighted by atomic mass is 16.2. The van der Waals surface area contributed by atoms with Crippen LogP contribution in [0.2, 0.25) is 0 Å². The first kappa shape index (κ1) is 12.3. The Bertz CT molecular complexity index is 210. The lowest BCUT2D eigenvalue weighted by molar-refractivity contribution is 0.181. The number of carbonyl (C=O) groups is 1. The van der Waals surface area contributed by atoms with Gasteiger partial charge in [0.2, 0.25) is 0 Å². The first-order valence-electron chi connectivity index (χ1n) is 5.78. The van der Waals surface area contributed by atoms with Crippen LogP contribution in [-0.4, -0.2) is 37.1 Å². The molecule has 0 saturated carbocycles. The predicted octanol–water partition coefficient (Wildman–Crippen LogP) is 1.17. The molecule has 0 aromatic rings. The lowest BCUT2D eigenvalue weighted by Crippen LogP contribution is -2.46. The summed E-state index contributed by atoms with van der Waals surface area (Å²) in [5, 5.41) is 2.95. The van der Waals surface area contributed by atoms with Gasteiger partial charge in [-0.05, 0) is 31.2 Å². The van der Waals surface area contributed by atoms with E-state index in [2.05, 4.69) is 19.2 Å². The fraction of sp³-hybridized carbons (Fsp3) is 0.909. The zero-order valence-electron chi connectivity index (χ0n) is 9.88. The lowest BCUT2D eigenvalue weighted by atomic mass is 9.94. The minimum Gasteiger partial charge on any atom is -0.337 e. The molecule has 1 rings (SSSR count). The first-order valence-corrected chi connectivity index (χ1v) is 5.78. The number of hydrogen-bond donors (Lipinski definition) is 2. The molecule has 1 aliphatic heterocycles. The number of carbonyl (C=O) groups excluding carboxylic acids is 1. The molecule has 0 aromatic heterocycles. The molecule has 0 spiro atoms. The van der Waals surface area contributed by atoms with Gasteiger partial charge in [0.1, 0.15) is 0 Å². The van der Waals surface area contributed by atoms with Crippen molar-refractivity contribution >= 4 is 6.03 Å². The SMILES string of the molecule is CC(C)(CN)CNC(=O)N1CCCCC1. The number of nitrogens with one attached hydrogen (secondary N) is 1. The molecule has 1 heterocycles. The monoisotopic (exact) mass is 213 g/mol. The average Bonchev–Trinajstić information content (AvgIpc) is 2.27. The van der Waals surface area contributed by atoms with Gasteiger partial charge in [-0.25, -0.2) is 4.79 Å². The summed E-state index contributed by atoms with van der Waals surface area (Å²) >= 11 is 0. The molecule has 4 heteroatoms. The van der Waals surface area contributed by atoms with Crippen molar-refractivity contribution in [2.45, 2.75) is 33.1 Å². The molecule has 15 heavy (non-hydrogen) atoms. The number of nitrogens with two attached hydrogens (primary N) is 1. The Morgan fingerprint density at radius 2 is 1.93 bits per heavy atom. The number of amides is 2. The number of likely N-dealkylation sites (tertiary alicyclic amines) is 1. The van der Waals surface area contributed by atoms with Crippen molar-refractivity contribution in [1.29, 1.82) is 0 Å². The van der Waals surface area contributed by atoms with Crippen molar-refractivity contribution in [3.63, 3.8) is 0 Å². The van der Waals surface area contributed by atoms with Crippen LogP contribution in [0, 0.1) is 5.41 Å². The third-order valence-electron chi connectivity index (χ3n) is 2.91. The Kier molecular flexibility index (Phi) is 4.39. The quantitative estimate of drug-likeness (QED) is 0.739. The van der Waals surface area contributed by atoms with Gasteiger partial charge in [0.15, 0.2) is 0 Å². The van der Waals surface area contributed by atoms with Gasteiger partial charge >= 0.3 is 6.03 Å². The maximum atomic E-state index is 11.7. The highest BCUT2D eigenvalue weighted by molar-refractivity contribution is 5.74. The maximum Gasteiger partial charge on any atom is 0.317 e. The summed E-state index contributed by atoms with van der Waals surface area (Å²) in [6.45, 7) is 7.16. The largest absolute Gasteiger partial charge is 0.337 e. The highest BCUT2D eigenvalue weighted by Crippen LogP contribution is 2.12. The minimum atomic E-state index is -0.00849. The number of hydrogen-bond acceptors (Lipinski definition) is 2. The second-order valence-corrected chi connectivity index (χ2v) is 5.07.